The molecular formula is C10H9NO3. The van der Waals surface area contributed by atoms with E-state index in [9.17, 15) is 9.59 Å². The Morgan fingerprint density at radius 3 is 2.64 bits per heavy atom. The minimum absolute atomic E-state index is 0.250. The van der Waals surface area contributed by atoms with Crippen LogP contribution in [-0.2, 0) is 4.74 Å². The number of carbonyl (C=O) groups excluding carboxylic acids is 2. The molecule has 0 aromatic carbocycles. The molecule has 0 unspecified atom stereocenters. The van der Waals surface area contributed by atoms with Gasteiger partial charge in [0.25, 0.3) is 0 Å². The van der Waals surface area contributed by atoms with Crippen molar-refractivity contribution in [3.05, 3.63) is 42.2 Å². The highest BCUT2D eigenvalue weighted by Crippen LogP contribution is 2.05. The first-order valence-electron chi connectivity index (χ1n) is 3.89. The normalized spacial score (nSPS) is 9.21. The molecule has 72 valence electrons. The molecular weight excluding hydrogens is 182 g/mol. The van der Waals surface area contributed by atoms with E-state index in [0.29, 0.717) is 5.56 Å². The van der Waals surface area contributed by atoms with Gasteiger partial charge in [0.05, 0.1) is 12.7 Å². The van der Waals surface area contributed by atoms with E-state index in [1.54, 1.807) is 0 Å². The van der Waals surface area contributed by atoms with Gasteiger partial charge in [0.2, 0.25) is 0 Å². The Balaban J connectivity index is 3.06. The van der Waals surface area contributed by atoms with Crippen LogP contribution in [-0.4, -0.2) is 23.8 Å². The van der Waals surface area contributed by atoms with Gasteiger partial charge in [-0.25, -0.2) is 4.79 Å². The number of pyridine rings is 1. The molecule has 0 saturated carbocycles. The Kier molecular flexibility index (Phi) is 3.12. The van der Waals surface area contributed by atoms with Crippen molar-refractivity contribution in [2.75, 3.05) is 7.11 Å². The fourth-order valence-electron chi connectivity index (χ4n) is 0.922. The molecule has 14 heavy (non-hydrogen) atoms. The zero-order valence-corrected chi connectivity index (χ0v) is 7.69. The van der Waals surface area contributed by atoms with E-state index in [4.69, 9.17) is 0 Å². The van der Waals surface area contributed by atoms with Gasteiger partial charge >= 0.3 is 5.97 Å². The van der Waals surface area contributed by atoms with Crippen LogP contribution in [0.5, 0.6) is 0 Å². The fourth-order valence-corrected chi connectivity index (χ4v) is 0.922. The summed E-state index contributed by atoms with van der Waals surface area (Å²) < 4.78 is 4.49. The molecule has 0 saturated heterocycles. The van der Waals surface area contributed by atoms with E-state index >= 15 is 0 Å². The third-order valence-corrected chi connectivity index (χ3v) is 1.63. The molecule has 0 aliphatic carbocycles. The highest BCUT2D eigenvalue weighted by Gasteiger charge is 2.08. The van der Waals surface area contributed by atoms with Crippen LogP contribution >= 0.6 is 0 Å². The maximum absolute atomic E-state index is 11.2. The lowest BCUT2D eigenvalue weighted by atomic mass is 10.1. The number of ether oxygens (including phenoxy) is 1. The van der Waals surface area contributed by atoms with Crippen LogP contribution in [0.3, 0.4) is 0 Å². The van der Waals surface area contributed by atoms with Gasteiger partial charge in [0, 0.05) is 18.0 Å². The van der Waals surface area contributed by atoms with Crippen LogP contribution < -0.4 is 0 Å². The predicted octanol–water partition coefficient (Wildman–Crippen LogP) is 1.24. The van der Waals surface area contributed by atoms with E-state index in [1.807, 2.05) is 0 Å². The lowest BCUT2D eigenvalue weighted by Gasteiger charge is -1.99. The summed E-state index contributed by atoms with van der Waals surface area (Å²) in [6, 6.07) is 1.42. The van der Waals surface area contributed by atoms with Gasteiger partial charge in [-0.05, 0) is 12.1 Å². The van der Waals surface area contributed by atoms with Crippen LogP contribution in [0.1, 0.15) is 20.7 Å². The van der Waals surface area contributed by atoms with Gasteiger partial charge in [-0.15, -0.1) is 0 Å². The van der Waals surface area contributed by atoms with Crippen molar-refractivity contribution in [1.29, 1.82) is 0 Å². The highest BCUT2D eigenvalue weighted by molar-refractivity contribution is 6.05. The summed E-state index contributed by atoms with van der Waals surface area (Å²) in [6.45, 7) is 3.34. The minimum atomic E-state index is -0.517. The lowest BCUT2D eigenvalue weighted by molar-refractivity contribution is 0.0600. The molecule has 1 rings (SSSR count). The first kappa shape index (κ1) is 10.1. The molecule has 1 aromatic heterocycles. The Bertz CT molecular complexity index is 385. The largest absolute Gasteiger partial charge is 0.465 e. The second kappa shape index (κ2) is 4.32. The molecule has 4 nitrogen and oxygen atoms in total. The van der Waals surface area contributed by atoms with Gasteiger partial charge in [0.1, 0.15) is 0 Å². The predicted molar refractivity (Wildman–Crippen MR) is 50.1 cm³/mol. The molecule has 0 radical (unpaired) electrons. The Labute approximate surface area is 81.2 Å². The quantitative estimate of drug-likeness (QED) is 0.409. The lowest BCUT2D eigenvalue weighted by Crippen LogP contribution is -2.04. The summed E-state index contributed by atoms with van der Waals surface area (Å²) >= 11 is 0. The number of nitrogens with zero attached hydrogens (tertiary/aromatic N) is 1. The number of methoxy groups -OCH3 is 1. The van der Waals surface area contributed by atoms with Crippen molar-refractivity contribution in [3.8, 4) is 0 Å². The summed E-state index contributed by atoms with van der Waals surface area (Å²) in [5.41, 5.74) is 0.572. The molecule has 0 atom stereocenters. The van der Waals surface area contributed by atoms with Crippen LogP contribution in [0.2, 0.25) is 0 Å². The van der Waals surface area contributed by atoms with Gasteiger partial charge in [0.15, 0.2) is 5.78 Å². The molecule has 4 heteroatoms. The number of rotatable bonds is 3. The van der Waals surface area contributed by atoms with Crippen LogP contribution in [0.15, 0.2) is 31.1 Å². The second-order valence-corrected chi connectivity index (χ2v) is 2.52. The van der Waals surface area contributed by atoms with Gasteiger partial charge in [-0.2, -0.15) is 0 Å². The number of allylic oxidation sites excluding steroid dienone is 1. The SMILES string of the molecule is C=CC(=O)c1cncc(C(=O)OC)c1. The van der Waals surface area contributed by atoms with E-state index in [-0.39, 0.29) is 11.3 Å². The van der Waals surface area contributed by atoms with E-state index in [2.05, 4.69) is 16.3 Å². The van der Waals surface area contributed by atoms with Crippen molar-refractivity contribution in [3.63, 3.8) is 0 Å². The molecule has 1 aromatic rings. The fraction of sp³-hybridized carbons (Fsp3) is 0.100. The topological polar surface area (TPSA) is 56.3 Å². The first-order chi connectivity index (χ1) is 6.69. The number of aromatic nitrogens is 1. The Morgan fingerprint density at radius 1 is 1.43 bits per heavy atom. The summed E-state index contributed by atoms with van der Waals surface area (Å²) in [6.07, 6.45) is 3.88. The van der Waals surface area contributed by atoms with Crippen LogP contribution in [0.25, 0.3) is 0 Å². The molecule has 0 fully saturated rings. The monoisotopic (exact) mass is 191 g/mol. The van der Waals surface area contributed by atoms with Crippen molar-refractivity contribution >= 4 is 11.8 Å². The number of ketones is 1. The first-order valence-corrected chi connectivity index (χ1v) is 3.89. The Morgan fingerprint density at radius 2 is 2.07 bits per heavy atom. The van der Waals surface area contributed by atoms with Crippen molar-refractivity contribution in [2.24, 2.45) is 0 Å². The van der Waals surface area contributed by atoms with Crippen LogP contribution in [0.4, 0.5) is 0 Å². The molecule has 0 spiro atoms. The van der Waals surface area contributed by atoms with Gasteiger partial charge in [-0.3, -0.25) is 9.78 Å². The number of hydrogen-bond acceptors (Lipinski definition) is 4. The summed E-state index contributed by atoms with van der Waals surface area (Å²) in [5.74, 6) is -0.792. The molecule has 1 heterocycles. The van der Waals surface area contributed by atoms with E-state index in [1.165, 1.54) is 25.6 Å². The number of carbonyl (C=O) groups is 2. The van der Waals surface area contributed by atoms with Gasteiger partial charge in [-0.1, -0.05) is 6.58 Å². The highest BCUT2D eigenvalue weighted by atomic mass is 16.5. The summed E-state index contributed by atoms with van der Waals surface area (Å²) in [4.78, 5) is 26.0. The molecule has 0 bridgehead atoms. The zero-order valence-electron chi connectivity index (χ0n) is 7.69. The summed E-state index contributed by atoms with van der Waals surface area (Å²) in [5, 5.41) is 0. The maximum Gasteiger partial charge on any atom is 0.339 e. The smallest absolute Gasteiger partial charge is 0.339 e. The van der Waals surface area contributed by atoms with E-state index < -0.39 is 5.97 Å². The van der Waals surface area contributed by atoms with Crippen molar-refractivity contribution in [2.45, 2.75) is 0 Å². The maximum atomic E-state index is 11.2. The average Bonchev–Trinajstić information content (AvgIpc) is 2.27. The number of hydrogen-bond donors (Lipinski definition) is 0. The third kappa shape index (κ3) is 2.04. The van der Waals surface area contributed by atoms with E-state index in [0.717, 1.165) is 6.08 Å². The van der Waals surface area contributed by atoms with Crippen molar-refractivity contribution < 1.29 is 14.3 Å². The average molecular weight is 191 g/mol. The summed E-state index contributed by atoms with van der Waals surface area (Å²) in [7, 11) is 1.27. The molecule has 0 aliphatic rings. The zero-order chi connectivity index (χ0) is 10.6. The number of esters is 1. The third-order valence-electron chi connectivity index (χ3n) is 1.63. The van der Waals surface area contributed by atoms with Gasteiger partial charge < -0.3 is 4.74 Å². The standard InChI is InChI=1S/C10H9NO3/c1-3-9(12)7-4-8(6-11-5-7)10(13)14-2/h3-6H,1H2,2H3. The van der Waals surface area contributed by atoms with Crippen molar-refractivity contribution in [1.82, 2.24) is 4.98 Å². The molecule has 0 aliphatic heterocycles. The molecule has 0 amide bonds. The Hall–Kier alpha value is -1.97. The minimum Gasteiger partial charge on any atom is -0.465 e. The molecule has 0 N–H and O–H groups in total. The van der Waals surface area contributed by atoms with Crippen LogP contribution in [0, 0.1) is 0 Å². The second-order valence-electron chi connectivity index (χ2n) is 2.52.